The highest BCUT2D eigenvalue weighted by atomic mass is 32.1. The van der Waals surface area contributed by atoms with Crippen molar-refractivity contribution in [1.82, 2.24) is 0 Å². The summed E-state index contributed by atoms with van der Waals surface area (Å²) in [5.41, 5.74) is 2.59. The summed E-state index contributed by atoms with van der Waals surface area (Å²) in [6.45, 7) is 2.03. The Bertz CT molecular complexity index is 871. The first-order chi connectivity index (χ1) is 11.6. The molecule has 0 aliphatic carbocycles. The van der Waals surface area contributed by atoms with E-state index >= 15 is 0 Å². The van der Waals surface area contributed by atoms with Crippen molar-refractivity contribution >= 4 is 45.7 Å². The Labute approximate surface area is 150 Å². The van der Waals surface area contributed by atoms with E-state index in [1.165, 1.54) is 11.3 Å². The van der Waals surface area contributed by atoms with Gasteiger partial charge in [-0.05, 0) is 36.1 Å². The van der Waals surface area contributed by atoms with E-state index in [0.717, 1.165) is 16.1 Å². The summed E-state index contributed by atoms with van der Waals surface area (Å²) in [5.74, 6) is 0.159. The number of aliphatic hydroxyl groups excluding tert-OH is 1. The molecule has 24 heavy (non-hydrogen) atoms. The molecule has 1 aromatic carbocycles. The SMILES string of the molecule is Cc1cccc(NC(=S)/C(=C(\O)c2cccs2)[n+]2ccccc2)c1. The molecule has 0 atom stereocenters. The average Bonchev–Trinajstić information content (AvgIpc) is 3.10. The van der Waals surface area contributed by atoms with E-state index in [1.54, 1.807) is 0 Å². The molecule has 0 aliphatic rings. The number of aryl methyl sites for hydroxylation is 1. The van der Waals surface area contributed by atoms with E-state index in [0.29, 0.717) is 10.7 Å². The Kier molecular flexibility index (Phi) is 5.03. The maximum Gasteiger partial charge on any atom is 0.289 e. The van der Waals surface area contributed by atoms with Gasteiger partial charge < -0.3 is 10.4 Å². The number of pyridine rings is 1. The fourth-order valence-electron chi connectivity index (χ4n) is 2.34. The van der Waals surface area contributed by atoms with Crippen molar-refractivity contribution in [2.75, 3.05) is 5.32 Å². The summed E-state index contributed by atoms with van der Waals surface area (Å²) in [6.07, 6.45) is 3.73. The molecule has 0 unspecified atom stereocenters. The van der Waals surface area contributed by atoms with Crippen LogP contribution in [0.2, 0.25) is 0 Å². The Morgan fingerprint density at radius 3 is 2.54 bits per heavy atom. The number of thiocarbonyl (C=S) groups is 1. The second-order valence-corrected chi connectivity index (χ2v) is 6.64. The van der Waals surface area contributed by atoms with Gasteiger partial charge in [-0.15, -0.1) is 11.3 Å². The van der Waals surface area contributed by atoms with Crippen molar-refractivity contribution < 1.29 is 9.67 Å². The van der Waals surface area contributed by atoms with Crippen molar-refractivity contribution in [2.24, 2.45) is 0 Å². The lowest BCUT2D eigenvalue weighted by Gasteiger charge is -2.09. The lowest BCUT2D eigenvalue weighted by atomic mass is 10.2. The normalized spacial score (nSPS) is 11.7. The number of anilines is 1. The molecular formula is C19H17N2OS2+. The number of rotatable bonds is 4. The number of thiophene rings is 1. The number of hydrogen-bond acceptors (Lipinski definition) is 3. The lowest BCUT2D eigenvalue weighted by Crippen LogP contribution is -2.38. The summed E-state index contributed by atoms with van der Waals surface area (Å²) in [7, 11) is 0. The number of aromatic nitrogens is 1. The van der Waals surface area contributed by atoms with Gasteiger partial charge in [-0.2, -0.15) is 4.57 Å². The first-order valence-electron chi connectivity index (χ1n) is 7.47. The molecule has 0 bridgehead atoms. The van der Waals surface area contributed by atoms with Crippen LogP contribution in [0.5, 0.6) is 0 Å². The predicted molar refractivity (Wildman–Crippen MR) is 104 cm³/mol. The van der Waals surface area contributed by atoms with E-state index in [9.17, 15) is 5.11 Å². The van der Waals surface area contributed by atoms with E-state index < -0.39 is 0 Å². The van der Waals surface area contributed by atoms with Crippen LogP contribution >= 0.6 is 23.6 Å². The van der Waals surface area contributed by atoms with Crippen LogP contribution in [-0.4, -0.2) is 10.1 Å². The van der Waals surface area contributed by atoms with Gasteiger partial charge in [-0.3, -0.25) is 0 Å². The summed E-state index contributed by atoms with van der Waals surface area (Å²) < 4.78 is 1.82. The Hall–Kier alpha value is -2.50. The second kappa shape index (κ2) is 7.38. The lowest BCUT2D eigenvalue weighted by molar-refractivity contribution is -0.575. The van der Waals surface area contributed by atoms with Crippen LogP contribution in [0, 0.1) is 6.92 Å². The molecule has 5 heteroatoms. The molecular weight excluding hydrogens is 336 g/mol. The first-order valence-corrected chi connectivity index (χ1v) is 8.76. The zero-order chi connectivity index (χ0) is 16.9. The summed E-state index contributed by atoms with van der Waals surface area (Å²) in [5, 5.41) is 15.9. The fraction of sp³-hybridized carbons (Fsp3) is 0.0526. The monoisotopic (exact) mass is 353 g/mol. The molecule has 3 rings (SSSR count). The molecule has 3 nitrogen and oxygen atoms in total. The van der Waals surface area contributed by atoms with E-state index in [-0.39, 0.29) is 5.76 Å². The molecule has 0 saturated carbocycles. The summed E-state index contributed by atoms with van der Waals surface area (Å²) in [6, 6.07) is 17.5. The van der Waals surface area contributed by atoms with Gasteiger partial charge in [0, 0.05) is 17.8 Å². The van der Waals surface area contributed by atoms with Gasteiger partial charge in [0.05, 0.1) is 4.88 Å². The third kappa shape index (κ3) is 3.69. The number of nitrogens with one attached hydrogen (secondary N) is 1. The van der Waals surface area contributed by atoms with Gasteiger partial charge in [-0.25, -0.2) is 0 Å². The Morgan fingerprint density at radius 1 is 1.08 bits per heavy atom. The van der Waals surface area contributed by atoms with Gasteiger partial charge in [0.25, 0.3) is 5.70 Å². The summed E-state index contributed by atoms with van der Waals surface area (Å²) >= 11 is 7.06. The van der Waals surface area contributed by atoms with Crippen LogP contribution < -0.4 is 9.88 Å². The number of nitrogens with zero attached hydrogens (tertiary/aromatic N) is 1. The Morgan fingerprint density at radius 2 is 1.88 bits per heavy atom. The molecule has 0 radical (unpaired) electrons. The van der Waals surface area contributed by atoms with Crippen molar-refractivity contribution in [3.63, 3.8) is 0 Å². The van der Waals surface area contributed by atoms with Crippen LogP contribution in [-0.2, 0) is 0 Å². The van der Waals surface area contributed by atoms with Gasteiger partial charge in [-0.1, -0.05) is 36.5 Å². The van der Waals surface area contributed by atoms with Gasteiger partial charge >= 0.3 is 0 Å². The van der Waals surface area contributed by atoms with E-state index in [2.05, 4.69) is 5.32 Å². The summed E-state index contributed by atoms with van der Waals surface area (Å²) in [4.78, 5) is 1.23. The van der Waals surface area contributed by atoms with Crippen molar-refractivity contribution in [2.45, 2.75) is 6.92 Å². The minimum atomic E-state index is 0.159. The molecule has 2 heterocycles. The van der Waals surface area contributed by atoms with Gasteiger partial charge in [0.1, 0.15) is 0 Å². The quantitative estimate of drug-likeness (QED) is 0.310. The maximum atomic E-state index is 10.8. The maximum absolute atomic E-state index is 10.8. The predicted octanol–water partition coefficient (Wildman–Crippen LogP) is 4.67. The third-order valence-electron chi connectivity index (χ3n) is 3.44. The van der Waals surface area contributed by atoms with E-state index in [4.69, 9.17) is 12.2 Å². The molecule has 2 N–H and O–H groups in total. The largest absolute Gasteiger partial charge is 0.501 e. The van der Waals surface area contributed by atoms with Crippen LogP contribution in [0.1, 0.15) is 10.4 Å². The molecule has 0 amide bonds. The molecule has 120 valence electrons. The molecule has 0 fully saturated rings. The fourth-order valence-corrected chi connectivity index (χ4v) is 3.33. The number of hydrogen-bond donors (Lipinski definition) is 2. The molecule has 0 aliphatic heterocycles. The minimum absolute atomic E-state index is 0.159. The van der Waals surface area contributed by atoms with Gasteiger partial charge in [0.2, 0.25) is 5.76 Å². The average molecular weight is 353 g/mol. The number of aliphatic hydroxyl groups is 1. The van der Waals surface area contributed by atoms with Crippen molar-refractivity contribution in [3.8, 4) is 0 Å². The van der Waals surface area contributed by atoms with Crippen molar-refractivity contribution in [3.05, 3.63) is 82.8 Å². The molecule has 2 aromatic heterocycles. The highest BCUT2D eigenvalue weighted by Crippen LogP contribution is 2.23. The van der Waals surface area contributed by atoms with Crippen LogP contribution in [0.4, 0.5) is 5.69 Å². The standard InChI is InChI=1S/C19H16N2OS2/c1-14-7-5-8-15(13-14)20-19(23)17(21-10-3-2-4-11-21)18(22)16-9-6-12-24-16/h2-13H,1H3,(H-,20,22,23)/p+1. The third-order valence-corrected chi connectivity index (χ3v) is 4.62. The smallest absolute Gasteiger partial charge is 0.289 e. The highest BCUT2D eigenvalue weighted by molar-refractivity contribution is 7.81. The van der Waals surface area contributed by atoms with Crippen LogP contribution in [0.25, 0.3) is 11.5 Å². The number of benzene rings is 1. The molecule has 3 aromatic rings. The van der Waals surface area contributed by atoms with Crippen LogP contribution in [0.15, 0.2) is 72.4 Å². The second-order valence-electron chi connectivity index (χ2n) is 5.28. The zero-order valence-corrected chi connectivity index (χ0v) is 14.8. The highest BCUT2D eigenvalue weighted by Gasteiger charge is 2.24. The molecule has 0 spiro atoms. The first kappa shape index (κ1) is 16.4. The van der Waals surface area contributed by atoms with Crippen LogP contribution in [0.3, 0.4) is 0 Å². The Balaban J connectivity index is 2.02. The molecule has 0 saturated heterocycles. The van der Waals surface area contributed by atoms with E-state index in [1.807, 2.05) is 83.9 Å². The minimum Gasteiger partial charge on any atom is -0.501 e. The van der Waals surface area contributed by atoms with Crippen molar-refractivity contribution in [1.29, 1.82) is 0 Å². The topological polar surface area (TPSA) is 36.1 Å². The van der Waals surface area contributed by atoms with Gasteiger partial charge in [0.15, 0.2) is 17.4 Å². The zero-order valence-electron chi connectivity index (χ0n) is 13.1.